The number of alkyl halides is 1. The maximum Gasteiger partial charge on any atom is 0.342 e. The van der Waals surface area contributed by atoms with Gasteiger partial charge in [-0.3, -0.25) is 0 Å². The Morgan fingerprint density at radius 2 is 1.53 bits per heavy atom. The van der Waals surface area contributed by atoms with Crippen molar-refractivity contribution in [2.24, 2.45) is 5.16 Å². The fourth-order valence-electron chi connectivity index (χ4n) is 2.86. The first kappa shape index (κ1) is 21.9. The van der Waals surface area contributed by atoms with Crippen molar-refractivity contribution in [2.45, 2.75) is 17.0 Å². The highest BCUT2D eigenvalue weighted by Gasteiger charge is 2.40. The molecule has 2 N–H and O–H groups in total. The van der Waals surface area contributed by atoms with Crippen LogP contribution in [0.5, 0.6) is 0 Å². The van der Waals surface area contributed by atoms with Gasteiger partial charge in [0, 0.05) is 22.1 Å². The van der Waals surface area contributed by atoms with Crippen LogP contribution in [0, 0.1) is 0 Å². The molecule has 154 valence electrons. The molecule has 0 bridgehead atoms. The number of aliphatic carboxylic acids is 1. The molecule has 0 heterocycles. The number of halogens is 2. The number of carboxylic acid groups (broad SMARTS) is 1. The number of benzene rings is 3. The topological polar surface area (TPSA) is 69.9 Å². The second-order valence-corrected chi connectivity index (χ2v) is 8.17. The summed E-state index contributed by atoms with van der Waals surface area (Å²) in [6, 6.07) is 23.2. The minimum atomic E-state index is -2.59. The molecule has 0 amide bonds. The van der Waals surface area contributed by atoms with Crippen LogP contribution in [0.15, 0.2) is 88.9 Å². The Hall–Kier alpha value is -2.83. The molecule has 0 aliphatic heterocycles. The summed E-state index contributed by atoms with van der Waals surface area (Å²) in [5, 5.41) is 22.7. The largest absolute Gasteiger partial charge is 0.479 e. The average molecular weight is 444 g/mol. The first-order valence-electron chi connectivity index (χ1n) is 9.09. The molecule has 3 aromatic carbocycles. The van der Waals surface area contributed by atoms with E-state index in [4.69, 9.17) is 11.6 Å². The number of oxime groups is 1. The standard InChI is InChI=1S/C23H19ClFNO3S/c24-19-12-10-17(11-13-19)16-6-8-18(9-7-16)21(26-29)14-23(25,22(27)28)15-30-20-4-2-1-3-5-20/h1-13,29H,14-15H2,(H,27,28). The molecule has 0 saturated heterocycles. The summed E-state index contributed by atoms with van der Waals surface area (Å²) >= 11 is 7.01. The molecule has 4 nitrogen and oxygen atoms in total. The number of hydrogen-bond acceptors (Lipinski definition) is 4. The van der Waals surface area contributed by atoms with E-state index in [2.05, 4.69) is 5.16 Å². The van der Waals surface area contributed by atoms with Crippen molar-refractivity contribution in [3.8, 4) is 11.1 Å². The van der Waals surface area contributed by atoms with E-state index in [1.165, 1.54) is 0 Å². The Bertz CT molecular complexity index is 1030. The normalized spacial score (nSPS) is 13.6. The lowest BCUT2D eigenvalue weighted by atomic mass is 9.95. The van der Waals surface area contributed by atoms with Gasteiger partial charge in [-0.2, -0.15) is 0 Å². The number of carbonyl (C=O) groups is 1. The Balaban J connectivity index is 1.76. The number of rotatable bonds is 8. The van der Waals surface area contributed by atoms with Gasteiger partial charge >= 0.3 is 5.97 Å². The van der Waals surface area contributed by atoms with Crippen LogP contribution in [0.25, 0.3) is 11.1 Å². The van der Waals surface area contributed by atoms with Crippen LogP contribution >= 0.6 is 23.4 Å². The SMILES string of the molecule is O=C(O)C(F)(CSc1ccccc1)CC(=NO)c1ccc(-c2ccc(Cl)cc2)cc1. The molecule has 3 rings (SSSR count). The molecule has 0 fully saturated rings. The Labute approximate surface area is 183 Å². The number of thioether (sulfide) groups is 1. The second-order valence-electron chi connectivity index (χ2n) is 6.68. The first-order chi connectivity index (χ1) is 14.4. The zero-order valence-electron chi connectivity index (χ0n) is 15.8. The predicted molar refractivity (Wildman–Crippen MR) is 118 cm³/mol. The molecule has 1 unspecified atom stereocenters. The van der Waals surface area contributed by atoms with E-state index in [9.17, 15) is 15.1 Å². The van der Waals surface area contributed by atoms with Crippen molar-refractivity contribution in [3.63, 3.8) is 0 Å². The molecule has 30 heavy (non-hydrogen) atoms. The van der Waals surface area contributed by atoms with Crippen molar-refractivity contribution in [1.29, 1.82) is 0 Å². The zero-order chi connectivity index (χ0) is 21.6. The molecular formula is C23H19ClFNO3S. The third-order valence-corrected chi connectivity index (χ3v) is 6.02. The van der Waals surface area contributed by atoms with Gasteiger partial charge < -0.3 is 10.3 Å². The zero-order valence-corrected chi connectivity index (χ0v) is 17.4. The lowest BCUT2D eigenvalue weighted by Gasteiger charge is -2.21. The van der Waals surface area contributed by atoms with Crippen LogP contribution in [0.2, 0.25) is 5.02 Å². The maximum atomic E-state index is 15.3. The molecule has 0 saturated carbocycles. The van der Waals surface area contributed by atoms with E-state index in [0.29, 0.717) is 10.6 Å². The first-order valence-corrected chi connectivity index (χ1v) is 10.4. The van der Waals surface area contributed by atoms with Crippen molar-refractivity contribution in [1.82, 2.24) is 0 Å². The Morgan fingerprint density at radius 3 is 2.07 bits per heavy atom. The monoisotopic (exact) mass is 443 g/mol. The van der Waals surface area contributed by atoms with Gasteiger partial charge in [-0.25, -0.2) is 9.18 Å². The highest BCUT2D eigenvalue weighted by molar-refractivity contribution is 7.99. The molecule has 0 aromatic heterocycles. The summed E-state index contributed by atoms with van der Waals surface area (Å²) in [5.41, 5.74) is -0.328. The molecule has 7 heteroatoms. The van der Waals surface area contributed by atoms with Crippen molar-refractivity contribution >= 4 is 35.0 Å². The van der Waals surface area contributed by atoms with Crippen LogP contribution in [-0.4, -0.2) is 33.4 Å². The van der Waals surface area contributed by atoms with Gasteiger partial charge in [0.25, 0.3) is 0 Å². The quantitative estimate of drug-likeness (QED) is 0.189. The van der Waals surface area contributed by atoms with Gasteiger partial charge in [-0.15, -0.1) is 11.8 Å². The lowest BCUT2D eigenvalue weighted by Crippen LogP contribution is -2.39. The van der Waals surface area contributed by atoms with E-state index in [0.717, 1.165) is 27.8 Å². The summed E-state index contributed by atoms with van der Waals surface area (Å²) in [6.07, 6.45) is -0.557. The fourth-order valence-corrected chi connectivity index (χ4v) is 3.96. The minimum absolute atomic E-state index is 0.0313. The predicted octanol–water partition coefficient (Wildman–Crippen LogP) is 6.16. The third-order valence-electron chi connectivity index (χ3n) is 4.56. The van der Waals surface area contributed by atoms with Crippen LogP contribution < -0.4 is 0 Å². The molecule has 0 radical (unpaired) electrons. The van der Waals surface area contributed by atoms with E-state index in [1.807, 2.05) is 18.2 Å². The smallest absolute Gasteiger partial charge is 0.342 e. The van der Waals surface area contributed by atoms with Gasteiger partial charge in [0.15, 0.2) is 0 Å². The molecule has 3 aromatic rings. The summed E-state index contributed by atoms with van der Waals surface area (Å²) < 4.78 is 15.3. The third kappa shape index (κ3) is 5.40. The van der Waals surface area contributed by atoms with E-state index in [-0.39, 0.29) is 11.5 Å². The van der Waals surface area contributed by atoms with Gasteiger partial charge in [0.05, 0.1) is 5.71 Å². The molecule has 1 atom stereocenters. The minimum Gasteiger partial charge on any atom is -0.479 e. The Kier molecular flexibility index (Phi) is 7.13. The van der Waals surface area contributed by atoms with Crippen molar-refractivity contribution in [2.75, 3.05) is 5.75 Å². The average Bonchev–Trinajstić information content (AvgIpc) is 2.77. The van der Waals surface area contributed by atoms with Gasteiger partial charge in [-0.1, -0.05) is 71.4 Å². The molecular weight excluding hydrogens is 425 g/mol. The van der Waals surface area contributed by atoms with Crippen LogP contribution in [-0.2, 0) is 4.79 Å². The van der Waals surface area contributed by atoms with Crippen molar-refractivity contribution in [3.05, 3.63) is 89.4 Å². The summed E-state index contributed by atoms with van der Waals surface area (Å²) in [6.45, 7) is 0. The van der Waals surface area contributed by atoms with Gasteiger partial charge in [-0.05, 0) is 41.0 Å². The highest BCUT2D eigenvalue weighted by Crippen LogP contribution is 2.30. The van der Waals surface area contributed by atoms with Crippen molar-refractivity contribution < 1.29 is 19.5 Å². The number of nitrogens with zero attached hydrogens (tertiary/aromatic N) is 1. The Morgan fingerprint density at radius 1 is 0.967 bits per heavy atom. The summed E-state index contributed by atoms with van der Waals surface area (Å²) in [4.78, 5) is 12.4. The number of hydrogen-bond donors (Lipinski definition) is 2. The second kappa shape index (κ2) is 9.78. The van der Waals surface area contributed by atoms with E-state index in [1.54, 1.807) is 60.7 Å². The van der Waals surface area contributed by atoms with Gasteiger partial charge in [0.2, 0.25) is 5.67 Å². The van der Waals surface area contributed by atoms with E-state index < -0.39 is 18.1 Å². The van der Waals surface area contributed by atoms with Gasteiger partial charge in [0.1, 0.15) is 0 Å². The fraction of sp³-hybridized carbons (Fsp3) is 0.130. The van der Waals surface area contributed by atoms with Crippen LogP contribution in [0.3, 0.4) is 0 Å². The summed E-state index contributed by atoms with van der Waals surface area (Å²) in [7, 11) is 0. The number of carboxylic acids is 1. The maximum absolute atomic E-state index is 15.3. The molecule has 0 aliphatic rings. The van der Waals surface area contributed by atoms with Crippen LogP contribution in [0.1, 0.15) is 12.0 Å². The van der Waals surface area contributed by atoms with Crippen LogP contribution in [0.4, 0.5) is 4.39 Å². The lowest BCUT2D eigenvalue weighted by molar-refractivity contribution is -0.148. The van der Waals surface area contributed by atoms with E-state index >= 15 is 4.39 Å². The molecule has 0 spiro atoms. The molecule has 0 aliphatic carbocycles. The summed E-state index contributed by atoms with van der Waals surface area (Å²) in [5.74, 6) is -1.90. The highest BCUT2D eigenvalue weighted by atomic mass is 35.5.